The van der Waals surface area contributed by atoms with E-state index in [0.717, 1.165) is 22.0 Å². The molecule has 2 fully saturated rings. The van der Waals surface area contributed by atoms with Crippen LogP contribution in [0.1, 0.15) is 42.5 Å². The van der Waals surface area contributed by atoms with E-state index in [4.69, 9.17) is 0 Å². The molecule has 2 saturated heterocycles. The van der Waals surface area contributed by atoms with Crippen LogP contribution in [-0.2, 0) is 0 Å². The number of nitrogens with zero attached hydrogens (tertiary/aromatic N) is 1. The van der Waals surface area contributed by atoms with Gasteiger partial charge in [0.2, 0.25) is 0 Å². The second-order valence-corrected chi connectivity index (χ2v) is 7.30. The van der Waals surface area contributed by atoms with Gasteiger partial charge in [-0.1, -0.05) is 6.42 Å². The molecule has 2 atom stereocenters. The fourth-order valence-corrected chi connectivity index (χ4v) is 3.96. The van der Waals surface area contributed by atoms with E-state index in [1.807, 2.05) is 24.3 Å². The number of halogens is 1. The Morgan fingerprint density at radius 2 is 1.80 bits per heavy atom. The molecule has 0 spiro atoms. The Balaban J connectivity index is 1.63. The number of amides is 1. The molecule has 1 aromatic rings. The van der Waals surface area contributed by atoms with Crippen molar-refractivity contribution in [3.8, 4) is 0 Å². The topological polar surface area (TPSA) is 32.3 Å². The lowest BCUT2D eigenvalue weighted by Gasteiger charge is -2.47. The van der Waals surface area contributed by atoms with Crippen molar-refractivity contribution in [2.75, 3.05) is 7.05 Å². The lowest BCUT2D eigenvalue weighted by atomic mass is 9.82. The van der Waals surface area contributed by atoms with E-state index in [-0.39, 0.29) is 5.91 Å². The molecule has 108 valence electrons. The highest BCUT2D eigenvalue weighted by atomic mass is 127. The summed E-state index contributed by atoms with van der Waals surface area (Å²) < 4.78 is 1.16. The highest BCUT2D eigenvalue weighted by Crippen LogP contribution is 2.32. The maximum absolute atomic E-state index is 12.3. The number of rotatable bonds is 2. The van der Waals surface area contributed by atoms with Crippen LogP contribution >= 0.6 is 22.6 Å². The van der Waals surface area contributed by atoms with Gasteiger partial charge >= 0.3 is 0 Å². The fourth-order valence-electron chi connectivity index (χ4n) is 3.60. The molecule has 2 aliphatic rings. The van der Waals surface area contributed by atoms with Crippen LogP contribution in [0.2, 0.25) is 0 Å². The number of nitrogens with one attached hydrogen (secondary N) is 1. The van der Waals surface area contributed by atoms with Gasteiger partial charge in [0.15, 0.2) is 0 Å². The monoisotopic (exact) mass is 384 g/mol. The molecule has 1 N–H and O–H groups in total. The summed E-state index contributed by atoms with van der Waals surface area (Å²) in [5.41, 5.74) is 0.773. The second-order valence-electron chi connectivity index (χ2n) is 6.05. The van der Waals surface area contributed by atoms with E-state index in [9.17, 15) is 4.79 Å². The zero-order valence-corrected chi connectivity index (χ0v) is 14.0. The lowest BCUT2D eigenvalue weighted by Crippen LogP contribution is -2.55. The van der Waals surface area contributed by atoms with E-state index < -0.39 is 0 Å². The van der Waals surface area contributed by atoms with E-state index in [1.54, 1.807) is 0 Å². The molecule has 20 heavy (non-hydrogen) atoms. The summed E-state index contributed by atoms with van der Waals surface area (Å²) in [7, 11) is 2.24. The largest absolute Gasteiger partial charge is 0.349 e. The molecule has 4 heteroatoms. The molecule has 2 bridgehead atoms. The van der Waals surface area contributed by atoms with Gasteiger partial charge in [0.1, 0.15) is 0 Å². The summed E-state index contributed by atoms with van der Waals surface area (Å²) in [5, 5.41) is 3.24. The second kappa shape index (κ2) is 6.02. The Kier molecular flexibility index (Phi) is 4.31. The molecule has 1 amide bonds. The van der Waals surface area contributed by atoms with Gasteiger partial charge in [-0.15, -0.1) is 0 Å². The predicted molar refractivity (Wildman–Crippen MR) is 88.8 cm³/mol. The predicted octanol–water partition coefficient (Wildman–Crippen LogP) is 3.04. The Morgan fingerprint density at radius 1 is 1.20 bits per heavy atom. The van der Waals surface area contributed by atoms with Gasteiger partial charge in [-0.2, -0.15) is 0 Å². The van der Waals surface area contributed by atoms with Crippen molar-refractivity contribution < 1.29 is 4.79 Å². The molecule has 0 aliphatic carbocycles. The van der Waals surface area contributed by atoms with Crippen LogP contribution in [0.3, 0.4) is 0 Å². The Hall–Kier alpha value is -0.620. The minimum absolute atomic E-state index is 0.0778. The number of hydrogen-bond acceptors (Lipinski definition) is 2. The van der Waals surface area contributed by atoms with Crippen LogP contribution in [-0.4, -0.2) is 36.0 Å². The molecule has 2 heterocycles. The van der Waals surface area contributed by atoms with Crippen LogP contribution in [0.15, 0.2) is 24.3 Å². The molecule has 2 unspecified atom stereocenters. The van der Waals surface area contributed by atoms with E-state index in [1.165, 1.54) is 19.3 Å². The first kappa shape index (κ1) is 14.3. The normalized spacial score (nSPS) is 30.0. The summed E-state index contributed by atoms with van der Waals surface area (Å²) in [6.07, 6.45) is 6.11. The van der Waals surface area contributed by atoms with Crippen LogP contribution < -0.4 is 5.32 Å². The number of carbonyl (C=O) groups is 1. The molecule has 1 aromatic carbocycles. The third-order valence-electron chi connectivity index (χ3n) is 4.78. The van der Waals surface area contributed by atoms with Gasteiger partial charge in [-0.3, -0.25) is 4.79 Å². The minimum atomic E-state index is 0.0778. The van der Waals surface area contributed by atoms with Crippen LogP contribution in [0.5, 0.6) is 0 Å². The molecular formula is C16H21IN2O. The fraction of sp³-hybridized carbons (Fsp3) is 0.562. The summed E-state index contributed by atoms with van der Waals surface area (Å²) in [4.78, 5) is 14.8. The molecule has 0 radical (unpaired) electrons. The first-order valence-electron chi connectivity index (χ1n) is 7.42. The molecule has 3 nitrogen and oxygen atoms in total. The number of piperidine rings is 2. The van der Waals surface area contributed by atoms with Crippen LogP contribution in [0, 0.1) is 3.57 Å². The van der Waals surface area contributed by atoms with Crippen molar-refractivity contribution in [1.82, 2.24) is 10.2 Å². The van der Waals surface area contributed by atoms with Gasteiger partial charge in [-0.25, -0.2) is 0 Å². The Labute approximate surface area is 134 Å². The van der Waals surface area contributed by atoms with Gasteiger partial charge in [0.05, 0.1) is 0 Å². The van der Waals surface area contributed by atoms with Gasteiger partial charge < -0.3 is 10.2 Å². The highest BCUT2D eigenvalue weighted by molar-refractivity contribution is 14.1. The number of hydrogen-bond donors (Lipinski definition) is 1. The average Bonchev–Trinajstić information content (AvgIpc) is 2.40. The molecular weight excluding hydrogens is 363 g/mol. The maximum atomic E-state index is 12.3. The van der Waals surface area contributed by atoms with Crippen LogP contribution in [0.4, 0.5) is 0 Å². The zero-order valence-electron chi connectivity index (χ0n) is 11.8. The lowest BCUT2D eigenvalue weighted by molar-refractivity contribution is 0.0463. The van der Waals surface area contributed by atoms with Crippen molar-refractivity contribution in [1.29, 1.82) is 0 Å². The number of carbonyl (C=O) groups excluding carboxylic acids is 1. The van der Waals surface area contributed by atoms with Crippen molar-refractivity contribution >= 4 is 28.5 Å². The zero-order chi connectivity index (χ0) is 14.1. The smallest absolute Gasteiger partial charge is 0.251 e. The van der Waals surface area contributed by atoms with Crippen LogP contribution in [0.25, 0.3) is 0 Å². The van der Waals surface area contributed by atoms with E-state index in [2.05, 4.69) is 39.9 Å². The quantitative estimate of drug-likeness (QED) is 0.796. The van der Waals surface area contributed by atoms with E-state index >= 15 is 0 Å². The summed E-state index contributed by atoms with van der Waals surface area (Å²) in [6, 6.07) is 9.44. The third-order valence-corrected chi connectivity index (χ3v) is 5.50. The van der Waals surface area contributed by atoms with Crippen molar-refractivity contribution in [3.05, 3.63) is 33.4 Å². The third kappa shape index (κ3) is 3.01. The first-order chi connectivity index (χ1) is 9.63. The average molecular weight is 384 g/mol. The SMILES string of the molecule is CN1C2CCCC1CC(NC(=O)c1ccc(I)cc1)C2. The van der Waals surface area contributed by atoms with Gasteiger partial charge in [0, 0.05) is 27.3 Å². The molecule has 0 saturated carbocycles. The summed E-state index contributed by atoms with van der Waals surface area (Å²) in [5.74, 6) is 0.0778. The maximum Gasteiger partial charge on any atom is 0.251 e. The number of benzene rings is 1. The minimum Gasteiger partial charge on any atom is -0.349 e. The molecule has 0 aromatic heterocycles. The van der Waals surface area contributed by atoms with Crippen molar-refractivity contribution in [2.24, 2.45) is 0 Å². The number of fused-ring (bicyclic) bond motifs is 2. The highest BCUT2D eigenvalue weighted by Gasteiger charge is 2.36. The van der Waals surface area contributed by atoms with Gasteiger partial charge in [0.25, 0.3) is 5.91 Å². The summed E-state index contributed by atoms with van der Waals surface area (Å²) >= 11 is 2.26. The van der Waals surface area contributed by atoms with Gasteiger partial charge in [-0.05, 0) is 79.6 Å². The van der Waals surface area contributed by atoms with Crippen molar-refractivity contribution in [2.45, 2.75) is 50.2 Å². The standard InChI is InChI=1S/C16H21IN2O/c1-19-14-3-2-4-15(19)10-13(9-14)18-16(20)11-5-7-12(17)8-6-11/h5-8,13-15H,2-4,9-10H2,1H3,(H,18,20). The molecule has 3 rings (SSSR count). The van der Waals surface area contributed by atoms with E-state index in [0.29, 0.717) is 18.1 Å². The Bertz CT molecular complexity index is 474. The Morgan fingerprint density at radius 3 is 2.40 bits per heavy atom. The van der Waals surface area contributed by atoms with Crippen molar-refractivity contribution in [3.63, 3.8) is 0 Å². The molecule has 2 aliphatic heterocycles. The summed E-state index contributed by atoms with van der Waals surface area (Å²) in [6.45, 7) is 0. The first-order valence-corrected chi connectivity index (χ1v) is 8.49.